The molecule has 1 N–H and O–H groups in total. The van der Waals surface area contributed by atoms with Crippen LogP contribution in [0, 0.1) is 6.92 Å². The maximum atomic E-state index is 5.07. The number of rotatable bonds is 6. The summed E-state index contributed by atoms with van der Waals surface area (Å²) in [5.74, 6) is 0.654. The van der Waals surface area contributed by atoms with Gasteiger partial charge in [-0.15, -0.1) is 6.58 Å². The zero-order valence-electron chi connectivity index (χ0n) is 10.3. The minimum absolute atomic E-state index is 0.423. The largest absolute Gasteiger partial charge is 0.481 e. The number of aromatic nitrogens is 1. The molecule has 0 amide bonds. The number of pyridine rings is 1. The summed E-state index contributed by atoms with van der Waals surface area (Å²) in [5.41, 5.74) is 2.03. The van der Waals surface area contributed by atoms with Crippen molar-refractivity contribution in [1.29, 1.82) is 0 Å². The quantitative estimate of drug-likeness (QED) is 0.748. The van der Waals surface area contributed by atoms with Gasteiger partial charge in [-0.2, -0.15) is 0 Å². The van der Waals surface area contributed by atoms with E-state index in [4.69, 9.17) is 4.74 Å². The number of methoxy groups -OCH3 is 1. The Morgan fingerprint density at radius 3 is 2.88 bits per heavy atom. The number of nitrogens with one attached hydrogen (secondary N) is 1. The number of hydrogen-bond acceptors (Lipinski definition) is 3. The molecule has 88 valence electrons. The third-order valence-electron chi connectivity index (χ3n) is 2.48. The van der Waals surface area contributed by atoms with Crippen molar-refractivity contribution in [3.8, 4) is 5.88 Å². The van der Waals surface area contributed by atoms with Crippen LogP contribution in [0.1, 0.15) is 25.5 Å². The molecule has 0 fully saturated rings. The molecule has 0 aromatic carbocycles. The average molecular weight is 220 g/mol. The van der Waals surface area contributed by atoms with Gasteiger partial charge >= 0.3 is 0 Å². The molecule has 0 aliphatic carbocycles. The highest BCUT2D eigenvalue weighted by atomic mass is 16.5. The normalized spacial score (nSPS) is 11.9. The van der Waals surface area contributed by atoms with Crippen molar-refractivity contribution >= 4 is 5.69 Å². The second-order valence-corrected chi connectivity index (χ2v) is 3.90. The van der Waals surface area contributed by atoms with E-state index in [0.29, 0.717) is 11.9 Å². The maximum Gasteiger partial charge on any atom is 0.213 e. The number of nitrogens with zero attached hydrogens (tertiary/aromatic N) is 1. The predicted octanol–water partition coefficient (Wildman–Crippen LogP) is 3.17. The van der Waals surface area contributed by atoms with Gasteiger partial charge in [-0.1, -0.05) is 6.08 Å². The van der Waals surface area contributed by atoms with Crippen LogP contribution in [-0.4, -0.2) is 18.1 Å². The van der Waals surface area contributed by atoms with E-state index in [1.165, 1.54) is 0 Å². The van der Waals surface area contributed by atoms with Crippen molar-refractivity contribution in [2.24, 2.45) is 0 Å². The van der Waals surface area contributed by atoms with Gasteiger partial charge in [0.15, 0.2) is 0 Å². The van der Waals surface area contributed by atoms with Gasteiger partial charge < -0.3 is 10.1 Å². The summed E-state index contributed by atoms with van der Waals surface area (Å²) < 4.78 is 5.07. The molecule has 1 unspecified atom stereocenters. The SMILES string of the molecule is C=CCCC(C)Nc1ccc(OC)nc1C. The Kier molecular flexibility index (Phi) is 4.83. The fourth-order valence-corrected chi connectivity index (χ4v) is 1.51. The molecule has 0 bridgehead atoms. The van der Waals surface area contributed by atoms with Gasteiger partial charge in [0.1, 0.15) is 0 Å². The summed E-state index contributed by atoms with van der Waals surface area (Å²) in [6.45, 7) is 7.86. The molecule has 3 heteroatoms. The van der Waals surface area contributed by atoms with Crippen molar-refractivity contribution in [2.75, 3.05) is 12.4 Å². The monoisotopic (exact) mass is 220 g/mol. The van der Waals surface area contributed by atoms with Gasteiger partial charge in [-0.05, 0) is 32.8 Å². The predicted molar refractivity (Wildman–Crippen MR) is 68.0 cm³/mol. The van der Waals surface area contributed by atoms with E-state index < -0.39 is 0 Å². The summed E-state index contributed by atoms with van der Waals surface area (Å²) in [4.78, 5) is 4.32. The average Bonchev–Trinajstić information content (AvgIpc) is 2.29. The summed E-state index contributed by atoms with van der Waals surface area (Å²) in [7, 11) is 1.63. The molecule has 0 aliphatic rings. The molecule has 0 saturated heterocycles. The maximum absolute atomic E-state index is 5.07. The van der Waals surface area contributed by atoms with Gasteiger partial charge in [0.25, 0.3) is 0 Å². The van der Waals surface area contributed by atoms with Crippen LogP contribution in [0.15, 0.2) is 24.8 Å². The molecule has 1 rings (SSSR count). The van der Waals surface area contributed by atoms with Crippen LogP contribution < -0.4 is 10.1 Å². The molecular weight excluding hydrogens is 200 g/mol. The summed E-state index contributed by atoms with van der Waals surface area (Å²) >= 11 is 0. The first-order valence-electron chi connectivity index (χ1n) is 5.56. The molecule has 0 spiro atoms. The second-order valence-electron chi connectivity index (χ2n) is 3.90. The highest BCUT2D eigenvalue weighted by Gasteiger charge is 2.05. The van der Waals surface area contributed by atoms with E-state index >= 15 is 0 Å². The topological polar surface area (TPSA) is 34.1 Å². The standard InChI is InChI=1S/C13H20N2O/c1-5-6-7-10(2)14-12-8-9-13(16-4)15-11(12)3/h5,8-10,14H,1,6-7H2,2-4H3. The number of ether oxygens (including phenoxy) is 1. The van der Waals surface area contributed by atoms with Crippen LogP contribution >= 0.6 is 0 Å². The van der Waals surface area contributed by atoms with Crippen molar-refractivity contribution in [2.45, 2.75) is 32.7 Å². The Bertz CT molecular complexity index is 350. The van der Waals surface area contributed by atoms with Crippen LogP contribution in [0.25, 0.3) is 0 Å². The minimum Gasteiger partial charge on any atom is -0.481 e. The Hall–Kier alpha value is -1.51. The van der Waals surface area contributed by atoms with Crippen LogP contribution in [0.5, 0.6) is 5.88 Å². The molecule has 1 aromatic rings. The lowest BCUT2D eigenvalue weighted by molar-refractivity contribution is 0.397. The molecule has 0 saturated carbocycles. The third kappa shape index (κ3) is 3.57. The Morgan fingerprint density at radius 2 is 2.31 bits per heavy atom. The smallest absolute Gasteiger partial charge is 0.213 e. The van der Waals surface area contributed by atoms with Crippen LogP contribution in [0.4, 0.5) is 5.69 Å². The second kappa shape index (κ2) is 6.16. The molecular formula is C13H20N2O. The Morgan fingerprint density at radius 1 is 1.56 bits per heavy atom. The lowest BCUT2D eigenvalue weighted by Gasteiger charge is -2.16. The molecule has 1 atom stereocenters. The zero-order valence-corrected chi connectivity index (χ0v) is 10.3. The first kappa shape index (κ1) is 12.6. The van der Waals surface area contributed by atoms with Crippen molar-refractivity contribution in [3.63, 3.8) is 0 Å². The number of allylic oxidation sites excluding steroid dienone is 1. The summed E-state index contributed by atoms with van der Waals surface area (Å²) in [6.07, 6.45) is 4.04. The number of anilines is 1. The van der Waals surface area contributed by atoms with Crippen molar-refractivity contribution in [1.82, 2.24) is 4.98 Å². The van der Waals surface area contributed by atoms with E-state index in [1.807, 2.05) is 25.1 Å². The molecule has 3 nitrogen and oxygen atoms in total. The molecule has 1 heterocycles. The van der Waals surface area contributed by atoms with Gasteiger partial charge in [0.2, 0.25) is 5.88 Å². The van der Waals surface area contributed by atoms with Gasteiger partial charge in [-0.3, -0.25) is 0 Å². The third-order valence-corrected chi connectivity index (χ3v) is 2.48. The van der Waals surface area contributed by atoms with Crippen LogP contribution in [0.3, 0.4) is 0 Å². The molecule has 0 aliphatic heterocycles. The highest BCUT2D eigenvalue weighted by molar-refractivity contribution is 5.49. The van der Waals surface area contributed by atoms with Gasteiger partial charge in [-0.25, -0.2) is 4.98 Å². The van der Waals surface area contributed by atoms with E-state index in [-0.39, 0.29) is 0 Å². The van der Waals surface area contributed by atoms with Gasteiger partial charge in [0.05, 0.1) is 18.5 Å². The lowest BCUT2D eigenvalue weighted by Crippen LogP contribution is -2.15. The number of aryl methyl sites for hydroxylation is 1. The summed E-state index contributed by atoms with van der Waals surface area (Å²) in [6, 6.07) is 4.30. The number of hydrogen-bond donors (Lipinski definition) is 1. The lowest BCUT2D eigenvalue weighted by atomic mass is 10.1. The first-order chi connectivity index (χ1) is 7.67. The van der Waals surface area contributed by atoms with E-state index in [0.717, 1.165) is 24.2 Å². The van der Waals surface area contributed by atoms with Crippen LogP contribution in [0.2, 0.25) is 0 Å². The molecule has 1 aromatic heterocycles. The van der Waals surface area contributed by atoms with E-state index in [9.17, 15) is 0 Å². The fourth-order valence-electron chi connectivity index (χ4n) is 1.51. The fraction of sp³-hybridized carbons (Fsp3) is 0.462. The van der Waals surface area contributed by atoms with Crippen LogP contribution in [-0.2, 0) is 0 Å². The summed E-state index contributed by atoms with van der Waals surface area (Å²) in [5, 5.41) is 3.43. The first-order valence-corrected chi connectivity index (χ1v) is 5.56. The molecule has 0 radical (unpaired) electrons. The molecule has 16 heavy (non-hydrogen) atoms. The zero-order chi connectivity index (χ0) is 12.0. The van der Waals surface area contributed by atoms with E-state index in [1.54, 1.807) is 7.11 Å². The van der Waals surface area contributed by atoms with Crippen molar-refractivity contribution < 1.29 is 4.74 Å². The highest BCUT2D eigenvalue weighted by Crippen LogP contribution is 2.18. The van der Waals surface area contributed by atoms with Crippen molar-refractivity contribution in [3.05, 3.63) is 30.5 Å². The Balaban J connectivity index is 2.62. The Labute approximate surface area is 97.5 Å². The van der Waals surface area contributed by atoms with Gasteiger partial charge in [0, 0.05) is 12.1 Å². The minimum atomic E-state index is 0.423. The van der Waals surface area contributed by atoms with E-state index in [2.05, 4.69) is 23.8 Å².